The molecule has 0 aliphatic carbocycles. The fourth-order valence-corrected chi connectivity index (χ4v) is 2.61. The molecule has 3 heteroatoms. The van der Waals surface area contributed by atoms with Crippen molar-refractivity contribution in [2.75, 3.05) is 11.4 Å². The Balaban J connectivity index is 2.11. The van der Waals surface area contributed by atoms with E-state index in [1.165, 1.54) is 6.42 Å². The highest BCUT2D eigenvalue weighted by Gasteiger charge is 2.29. The molecule has 0 amide bonds. The zero-order chi connectivity index (χ0) is 11.8. The largest absolute Gasteiger partial charge is 0.353 e. The minimum atomic E-state index is 0.563. The summed E-state index contributed by atoms with van der Waals surface area (Å²) in [4.78, 5) is 11.2. The molecule has 2 atom stereocenters. The number of hydrogen-bond acceptors (Lipinski definition) is 3. The van der Waals surface area contributed by atoms with Gasteiger partial charge in [0.2, 0.25) is 0 Å². The third-order valence-electron chi connectivity index (χ3n) is 3.93. The first-order chi connectivity index (χ1) is 8.27. The monoisotopic (exact) mass is 227 g/mol. The second-order valence-corrected chi connectivity index (χ2v) is 4.91. The summed E-state index contributed by atoms with van der Waals surface area (Å²) in [7, 11) is 0. The lowest BCUT2D eigenvalue weighted by molar-refractivity contribution is 0.545. The van der Waals surface area contributed by atoms with E-state index in [1.807, 2.05) is 12.1 Å². The van der Waals surface area contributed by atoms with Crippen LogP contribution in [0.1, 0.15) is 20.3 Å². The first kappa shape index (κ1) is 10.5. The van der Waals surface area contributed by atoms with E-state index in [4.69, 9.17) is 0 Å². The molecule has 88 valence electrons. The summed E-state index contributed by atoms with van der Waals surface area (Å²) < 4.78 is 0. The average molecular weight is 227 g/mol. The maximum Gasteiger partial charge on any atom is 0.140 e. The number of rotatable bonds is 1. The van der Waals surface area contributed by atoms with E-state index < -0.39 is 0 Å². The fraction of sp³-hybridized carbons (Fsp3) is 0.429. The molecular formula is C14H17N3. The van der Waals surface area contributed by atoms with Gasteiger partial charge in [-0.2, -0.15) is 0 Å². The van der Waals surface area contributed by atoms with Gasteiger partial charge in [-0.05, 0) is 31.4 Å². The van der Waals surface area contributed by atoms with Crippen LogP contribution in [-0.2, 0) is 0 Å². The topological polar surface area (TPSA) is 29.0 Å². The molecule has 1 aromatic heterocycles. The van der Waals surface area contributed by atoms with E-state index in [2.05, 4.69) is 40.8 Å². The normalized spacial score (nSPS) is 24.5. The Labute approximate surface area is 101 Å². The van der Waals surface area contributed by atoms with Crippen LogP contribution >= 0.6 is 0 Å². The maximum atomic E-state index is 4.49. The van der Waals surface area contributed by atoms with Gasteiger partial charge in [0.05, 0.1) is 5.52 Å². The SMILES string of the molecule is CC1CCN(c2ncnc3ccccc23)C1C. The van der Waals surface area contributed by atoms with Gasteiger partial charge in [0.1, 0.15) is 12.1 Å². The Morgan fingerprint density at radius 2 is 2.00 bits per heavy atom. The summed E-state index contributed by atoms with van der Waals surface area (Å²) in [5, 5.41) is 1.16. The molecule has 1 saturated heterocycles. The van der Waals surface area contributed by atoms with E-state index in [0.717, 1.165) is 29.2 Å². The molecule has 1 aliphatic heterocycles. The molecule has 3 rings (SSSR count). The first-order valence-corrected chi connectivity index (χ1v) is 6.24. The van der Waals surface area contributed by atoms with Gasteiger partial charge >= 0.3 is 0 Å². The van der Waals surface area contributed by atoms with Gasteiger partial charge in [-0.25, -0.2) is 9.97 Å². The van der Waals surface area contributed by atoms with Crippen LogP contribution < -0.4 is 4.90 Å². The average Bonchev–Trinajstić information content (AvgIpc) is 2.69. The Kier molecular flexibility index (Phi) is 2.46. The van der Waals surface area contributed by atoms with Gasteiger partial charge in [0.15, 0.2) is 0 Å². The van der Waals surface area contributed by atoms with Crippen molar-refractivity contribution in [1.29, 1.82) is 0 Å². The van der Waals surface area contributed by atoms with Crippen LogP contribution in [0.3, 0.4) is 0 Å². The maximum absolute atomic E-state index is 4.49. The number of anilines is 1. The Bertz CT molecular complexity index is 532. The van der Waals surface area contributed by atoms with E-state index in [1.54, 1.807) is 6.33 Å². The molecule has 3 nitrogen and oxygen atoms in total. The van der Waals surface area contributed by atoms with Crippen molar-refractivity contribution in [2.45, 2.75) is 26.3 Å². The van der Waals surface area contributed by atoms with Crippen LogP contribution in [0.25, 0.3) is 10.9 Å². The van der Waals surface area contributed by atoms with Crippen molar-refractivity contribution < 1.29 is 0 Å². The van der Waals surface area contributed by atoms with Crippen LogP contribution in [0.15, 0.2) is 30.6 Å². The van der Waals surface area contributed by atoms with Crippen molar-refractivity contribution in [3.8, 4) is 0 Å². The van der Waals surface area contributed by atoms with Crippen molar-refractivity contribution in [3.05, 3.63) is 30.6 Å². The highest BCUT2D eigenvalue weighted by Crippen LogP contribution is 2.31. The number of hydrogen-bond donors (Lipinski definition) is 0. The van der Waals surface area contributed by atoms with Crippen LogP contribution in [0.5, 0.6) is 0 Å². The van der Waals surface area contributed by atoms with Crippen LogP contribution in [0, 0.1) is 5.92 Å². The molecule has 0 spiro atoms. The third-order valence-corrected chi connectivity index (χ3v) is 3.93. The van der Waals surface area contributed by atoms with Gasteiger partial charge in [0, 0.05) is 18.0 Å². The summed E-state index contributed by atoms with van der Waals surface area (Å²) in [6, 6.07) is 8.80. The van der Waals surface area contributed by atoms with Crippen LogP contribution in [0.2, 0.25) is 0 Å². The standard InChI is InChI=1S/C14H17N3/c1-10-7-8-17(11(10)2)14-12-5-3-4-6-13(12)15-9-16-14/h3-6,9-11H,7-8H2,1-2H3. The van der Waals surface area contributed by atoms with Gasteiger partial charge in [-0.15, -0.1) is 0 Å². The summed E-state index contributed by atoms with van der Waals surface area (Å²) in [6.45, 7) is 5.70. The molecule has 0 bridgehead atoms. The van der Waals surface area contributed by atoms with Gasteiger partial charge in [-0.1, -0.05) is 19.1 Å². The number of fused-ring (bicyclic) bond motifs is 1. The van der Waals surface area contributed by atoms with Crippen LogP contribution in [0.4, 0.5) is 5.82 Å². The summed E-state index contributed by atoms with van der Waals surface area (Å²) in [6.07, 6.45) is 2.92. The Morgan fingerprint density at radius 3 is 2.76 bits per heavy atom. The van der Waals surface area contributed by atoms with Crippen LogP contribution in [-0.4, -0.2) is 22.6 Å². The van der Waals surface area contributed by atoms with Gasteiger partial charge in [-0.3, -0.25) is 0 Å². The highest BCUT2D eigenvalue weighted by atomic mass is 15.2. The molecule has 1 aliphatic rings. The van der Waals surface area contributed by atoms with Crippen molar-refractivity contribution in [3.63, 3.8) is 0 Å². The smallest absolute Gasteiger partial charge is 0.140 e. The van der Waals surface area contributed by atoms with Gasteiger partial charge in [0.25, 0.3) is 0 Å². The second kappa shape index (κ2) is 3.99. The van der Waals surface area contributed by atoms with Gasteiger partial charge < -0.3 is 4.90 Å². The molecule has 1 aromatic carbocycles. The molecule has 0 saturated carbocycles. The number of benzene rings is 1. The van der Waals surface area contributed by atoms with E-state index in [9.17, 15) is 0 Å². The number of para-hydroxylation sites is 1. The molecular weight excluding hydrogens is 210 g/mol. The summed E-state index contributed by atoms with van der Waals surface area (Å²) >= 11 is 0. The minimum absolute atomic E-state index is 0.563. The second-order valence-electron chi connectivity index (χ2n) is 4.91. The zero-order valence-corrected chi connectivity index (χ0v) is 10.3. The number of nitrogens with zero attached hydrogens (tertiary/aromatic N) is 3. The quantitative estimate of drug-likeness (QED) is 0.750. The summed E-state index contributed by atoms with van der Waals surface area (Å²) in [5.41, 5.74) is 1.03. The molecule has 2 heterocycles. The van der Waals surface area contributed by atoms with Crippen molar-refractivity contribution >= 4 is 16.7 Å². The lowest BCUT2D eigenvalue weighted by Gasteiger charge is -2.25. The molecule has 2 unspecified atom stereocenters. The highest BCUT2D eigenvalue weighted by molar-refractivity contribution is 5.89. The molecule has 0 radical (unpaired) electrons. The molecule has 17 heavy (non-hydrogen) atoms. The molecule has 0 N–H and O–H groups in total. The Morgan fingerprint density at radius 1 is 1.18 bits per heavy atom. The zero-order valence-electron chi connectivity index (χ0n) is 10.3. The Hall–Kier alpha value is -1.64. The van der Waals surface area contributed by atoms with E-state index in [0.29, 0.717) is 6.04 Å². The van der Waals surface area contributed by atoms with Crippen molar-refractivity contribution in [1.82, 2.24) is 9.97 Å². The number of aromatic nitrogens is 2. The third kappa shape index (κ3) is 1.66. The predicted octanol–water partition coefficient (Wildman–Crippen LogP) is 2.86. The first-order valence-electron chi connectivity index (χ1n) is 6.24. The van der Waals surface area contributed by atoms with Crippen molar-refractivity contribution in [2.24, 2.45) is 5.92 Å². The summed E-state index contributed by atoms with van der Waals surface area (Å²) in [5.74, 6) is 1.83. The molecule has 2 aromatic rings. The predicted molar refractivity (Wildman–Crippen MR) is 70.1 cm³/mol. The lowest BCUT2D eigenvalue weighted by Crippen LogP contribution is -2.30. The van der Waals surface area contributed by atoms with E-state index >= 15 is 0 Å². The lowest BCUT2D eigenvalue weighted by atomic mass is 10.1. The molecule has 1 fully saturated rings. The minimum Gasteiger partial charge on any atom is -0.353 e. The fourth-order valence-electron chi connectivity index (χ4n) is 2.61. The van der Waals surface area contributed by atoms with E-state index in [-0.39, 0.29) is 0 Å².